The van der Waals surface area contributed by atoms with E-state index in [0.717, 1.165) is 23.6 Å². The van der Waals surface area contributed by atoms with Crippen LogP contribution in [0.3, 0.4) is 0 Å². The van der Waals surface area contributed by atoms with Crippen LogP contribution in [-0.4, -0.2) is 31.7 Å². The van der Waals surface area contributed by atoms with Crippen molar-refractivity contribution in [3.8, 4) is 0 Å². The molecule has 1 saturated carbocycles. The Labute approximate surface area is 128 Å². The third-order valence-corrected chi connectivity index (χ3v) is 4.74. The second-order valence-corrected chi connectivity index (χ2v) is 6.22. The van der Waals surface area contributed by atoms with E-state index in [2.05, 4.69) is 15.5 Å². The third-order valence-electron chi connectivity index (χ3n) is 3.81. The number of aromatic nitrogens is 4. The largest absolute Gasteiger partial charge is 0.293 e. The normalized spacial score (nSPS) is 16.0. The molecule has 0 radical (unpaired) electrons. The van der Waals surface area contributed by atoms with Crippen molar-refractivity contribution in [1.29, 1.82) is 0 Å². The Balaban J connectivity index is 1.63. The summed E-state index contributed by atoms with van der Waals surface area (Å²) in [6.45, 7) is 0. The van der Waals surface area contributed by atoms with Gasteiger partial charge >= 0.3 is 0 Å². The molecule has 1 fully saturated rings. The molecule has 6 heteroatoms. The van der Waals surface area contributed by atoms with Crippen LogP contribution in [0.15, 0.2) is 35.5 Å². The topological polar surface area (TPSA) is 60.7 Å². The van der Waals surface area contributed by atoms with Crippen molar-refractivity contribution in [3.63, 3.8) is 0 Å². The maximum atomic E-state index is 12.1. The molecule has 21 heavy (non-hydrogen) atoms. The highest BCUT2D eigenvalue weighted by Crippen LogP contribution is 2.30. The van der Waals surface area contributed by atoms with E-state index in [1.165, 1.54) is 31.0 Å². The molecule has 3 rings (SSSR count). The van der Waals surface area contributed by atoms with Gasteiger partial charge in [-0.3, -0.25) is 4.79 Å². The van der Waals surface area contributed by atoms with Crippen LogP contribution >= 0.6 is 11.8 Å². The van der Waals surface area contributed by atoms with E-state index in [4.69, 9.17) is 0 Å². The van der Waals surface area contributed by atoms with Crippen LogP contribution in [0, 0.1) is 0 Å². The first kappa shape index (κ1) is 14.3. The lowest BCUT2D eigenvalue weighted by atomic mass is 9.96. The summed E-state index contributed by atoms with van der Waals surface area (Å²) < 4.78 is 1.90. The summed E-state index contributed by atoms with van der Waals surface area (Å²) in [5.41, 5.74) is 0.738. The van der Waals surface area contributed by atoms with Crippen molar-refractivity contribution in [3.05, 3.63) is 35.9 Å². The van der Waals surface area contributed by atoms with Crippen molar-refractivity contribution >= 4 is 17.5 Å². The van der Waals surface area contributed by atoms with Gasteiger partial charge in [0, 0.05) is 5.56 Å². The van der Waals surface area contributed by atoms with Crippen molar-refractivity contribution in [2.45, 2.75) is 43.3 Å². The molecule has 0 bridgehead atoms. The molecule has 110 valence electrons. The minimum Gasteiger partial charge on any atom is -0.293 e. The maximum absolute atomic E-state index is 12.1. The average molecular weight is 302 g/mol. The highest BCUT2D eigenvalue weighted by Gasteiger charge is 2.20. The first-order chi connectivity index (χ1) is 10.3. The molecule has 0 saturated heterocycles. The summed E-state index contributed by atoms with van der Waals surface area (Å²) in [7, 11) is 0. The lowest BCUT2D eigenvalue weighted by molar-refractivity contribution is 0.102. The summed E-state index contributed by atoms with van der Waals surface area (Å²) in [5.74, 6) is 0.482. The summed E-state index contributed by atoms with van der Waals surface area (Å²) in [4.78, 5) is 12.1. The summed E-state index contributed by atoms with van der Waals surface area (Å²) in [6, 6.07) is 9.74. The number of thioether (sulfide) groups is 1. The number of hydrogen-bond donors (Lipinski definition) is 0. The molecule has 5 nitrogen and oxygen atoms in total. The Bertz CT molecular complexity index is 593. The van der Waals surface area contributed by atoms with E-state index in [1.54, 1.807) is 0 Å². The summed E-state index contributed by atoms with van der Waals surface area (Å²) in [6.07, 6.45) is 6.03. The Hall–Kier alpha value is -1.69. The summed E-state index contributed by atoms with van der Waals surface area (Å²) in [5, 5.41) is 12.7. The highest BCUT2D eigenvalue weighted by atomic mass is 32.2. The van der Waals surface area contributed by atoms with Gasteiger partial charge in [0.05, 0.1) is 11.8 Å². The quantitative estimate of drug-likeness (QED) is 0.627. The number of benzene rings is 1. The number of carbonyl (C=O) groups excluding carboxylic acids is 1. The molecule has 0 aliphatic heterocycles. The number of rotatable bonds is 5. The molecule has 1 aromatic heterocycles. The number of carbonyl (C=O) groups is 1. The number of tetrazole rings is 1. The van der Waals surface area contributed by atoms with E-state index in [1.807, 2.05) is 35.0 Å². The molecular formula is C15H18N4OS. The molecule has 0 spiro atoms. The van der Waals surface area contributed by atoms with Gasteiger partial charge in [-0.1, -0.05) is 61.4 Å². The Morgan fingerprint density at radius 2 is 1.95 bits per heavy atom. The van der Waals surface area contributed by atoms with Crippen LogP contribution in [0.1, 0.15) is 48.5 Å². The number of nitrogens with zero attached hydrogens (tertiary/aromatic N) is 4. The molecule has 0 atom stereocenters. The highest BCUT2D eigenvalue weighted by molar-refractivity contribution is 7.99. The smallest absolute Gasteiger partial charge is 0.210 e. The second-order valence-electron chi connectivity index (χ2n) is 5.28. The third kappa shape index (κ3) is 3.50. The van der Waals surface area contributed by atoms with Gasteiger partial charge in [0.1, 0.15) is 0 Å². The first-order valence-electron chi connectivity index (χ1n) is 7.33. The fourth-order valence-electron chi connectivity index (χ4n) is 2.67. The minimum absolute atomic E-state index is 0.110. The van der Waals surface area contributed by atoms with Gasteiger partial charge in [-0.15, -0.1) is 5.10 Å². The molecule has 1 aromatic carbocycles. The van der Waals surface area contributed by atoms with E-state index in [9.17, 15) is 4.79 Å². The fourth-order valence-corrected chi connectivity index (χ4v) is 3.51. The molecule has 1 aliphatic rings. The summed E-state index contributed by atoms with van der Waals surface area (Å²) >= 11 is 1.43. The molecular weight excluding hydrogens is 284 g/mol. The number of hydrogen-bond acceptors (Lipinski definition) is 5. The molecule has 2 aromatic rings. The van der Waals surface area contributed by atoms with Gasteiger partial charge < -0.3 is 0 Å². The van der Waals surface area contributed by atoms with Crippen LogP contribution in [0.2, 0.25) is 0 Å². The van der Waals surface area contributed by atoms with Crippen molar-refractivity contribution in [1.82, 2.24) is 20.2 Å². The SMILES string of the molecule is O=C(CSc1nnnn1C1CCCCC1)c1ccccc1. The predicted octanol–water partition coefficient (Wildman–Crippen LogP) is 3.15. The first-order valence-corrected chi connectivity index (χ1v) is 8.32. The Morgan fingerprint density at radius 3 is 2.71 bits per heavy atom. The van der Waals surface area contributed by atoms with Crippen molar-refractivity contribution in [2.24, 2.45) is 0 Å². The standard InChI is InChI=1S/C15H18N4OS/c20-14(12-7-3-1-4-8-12)11-21-15-16-17-18-19(15)13-9-5-2-6-10-13/h1,3-4,7-8,13H,2,5-6,9-11H2. The van der Waals surface area contributed by atoms with Crippen LogP contribution < -0.4 is 0 Å². The molecule has 1 heterocycles. The van der Waals surface area contributed by atoms with E-state index in [-0.39, 0.29) is 5.78 Å². The zero-order valence-corrected chi connectivity index (χ0v) is 12.6. The van der Waals surface area contributed by atoms with Crippen LogP contribution in [0.5, 0.6) is 0 Å². The van der Waals surface area contributed by atoms with E-state index < -0.39 is 0 Å². The van der Waals surface area contributed by atoms with Gasteiger partial charge in [0.2, 0.25) is 5.16 Å². The maximum Gasteiger partial charge on any atom is 0.210 e. The van der Waals surface area contributed by atoms with Gasteiger partial charge in [0.25, 0.3) is 0 Å². The zero-order valence-electron chi connectivity index (χ0n) is 11.8. The molecule has 0 unspecified atom stereocenters. The monoisotopic (exact) mass is 302 g/mol. The average Bonchev–Trinajstić information content (AvgIpc) is 3.03. The van der Waals surface area contributed by atoms with E-state index >= 15 is 0 Å². The van der Waals surface area contributed by atoms with Gasteiger partial charge in [0.15, 0.2) is 5.78 Å². The van der Waals surface area contributed by atoms with Crippen LogP contribution in [0.25, 0.3) is 0 Å². The second kappa shape index (κ2) is 6.85. The van der Waals surface area contributed by atoms with Crippen LogP contribution in [-0.2, 0) is 0 Å². The zero-order chi connectivity index (χ0) is 14.5. The fraction of sp³-hybridized carbons (Fsp3) is 0.467. The Kier molecular flexibility index (Phi) is 4.65. The number of ketones is 1. The molecule has 1 aliphatic carbocycles. The molecule has 0 N–H and O–H groups in total. The lowest BCUT2D eigenvalue weighted by Gasteiger charge is -2.21. The number of Topliss-reactive ketones (excluding diaryl/α,β-unsaturated/α-hetero) is 1. The predicted molar refractivity (Wildman–Crippen MR) is 81.4 cm³/mol. The van der Waals surface area contributed by atoms with Gasteiger partial charge in [-0.25, -0.2) is 4.68 Å². The van der Waals surface area contributed by atoms with Crippen LogP contribution in [0.4, 0.5) is 0 Å². The van der Waals surface area contributed by atoms with Gasteiger partial charge in [-0.05, 0) is 23.3 Å². The lowest BCUT2D eigenvalue weighted by Crippen LogP contribution is -2.15. The minimum atomic E-state index is 0.110. The van der Waals surface area contributed by atoms with E-state index in [0.29, 0.717) is 11.8 Å². The molecule has 0 amide bonds. The van der Waals surface area contributed by atoms with Crippen molar-refractivity contribution < 1.29 is 4.79 Å². The Morgan fingerprint density at radius 1 is 1.19 bits per heavy atom. The van der Waals surface area contributed by atoms with Gasteiger partial charge in [-0.2, -0.15) is 0 Å². The van der Waals surface area contributed by atoms with Crippen molar-refractivity contribution in [2.75, 3.05) is 5.75 Å².